The first-order valence-corrected chi connectivity index (χ1v) is 8.45. The smallest absolute Gasteiger partial charge is 0.191 e. The molecule has 142 valence electrons. The lowest BCUT2D eigenvalue weighted by Crippen LogP contribution is -2.50. The quantitative estimate of drug-likeness (QED) is 0.409. The van der Waals surface area contributed by atoms with Gasteiger partial charge >= 0.3 is 0 Å². The number of morpholine rings is 1. The van der Waals surface area contributed by atoms with Crippen molar-refractivity contribution in [2.45, 2.75) is 32.4 Å². The highest BCUT2D eigenvalue weighted by molar-refractivity contribution is 14.0. The van der Waals surface area contributed by atoms with Crippen LogP contribution in [-0.2, 0) is 4.74 Å². The zero-order valence-corrected chi connectivity index (χ0v) is 17.8. The average Bonchev–Trinajstić information content (AvgIpc) is 2.55. The molecular formula is C18H30FIN4O. The third-order valence-electron chi connectivity index (χ3n) is 3.92. The maximum absolute atomic E-state index is 13.3. The summed E-state index contributed by atoms with van der Waals surface area (Å²) in [5.41, 5.74) is 1.03. The summed E-state index contributed by atoms with van der Waals surface area (Å²) in [6.07, 6.45) is 0. The Labute approximate surface area is 167 Å². The van der Waals surface area contributed by atoms with Crippen LogP contribution in [0.25, 0.3) is 0 Å². The van der Waals surface area contributed by atoms with Gasteiger partial charge < -0.3 is 15.4 Å². The summed E-state index contributed by atoms with van der Waals surface area (Å²) in [7, 11) is 1.77. The highest BCUT2D eigenvalue weighted by Gasteiger charge is 2.23. The normalized spacial score (nSPS) is 17.6. The summed E-state index contributed by atoms with van der Waals surface area (Å²) in [6.45, 7) is 10.2. The lowest BCUT2D eigenvalue weighted by atomic mass is 10.0. The minimum absolute atomic E-state index is 0. The fourth-order valence-electron chi connectivity index (χ4n) is 2.76. The van der Waals surface area contributed by atoms with Gasteiger partial charge in [0.2, 0.25) is 0 Å². The Morgan fingerprint density at radius 1 is 1.24 bits per heavy atom. The molecule has 0 amide bonds. The molecule has 0 radical (unpaired) electrons. The van der Waals surface area contributed by atoms with E-state index in [0.29, 0.717) is 6.54 Å². The number of aliphatic imine (C=N–C) groups is 1. The zero-order valence-electron chi connectivity index (χ0n) is 15.5. The van der Waals surface area contributed by atoms with Crippen LogP contribution < -0.4 is 10.6 Å². The van der Waals surface area contributed by atoms with Crippen LogP contribution in [0.5, 0.6) is 0 Å². The number of rotatable bonds is 4. The van der Waals surface area contributed by atoms with Crippen LogP contribution in [0.2, 0.25) is 0 Å². The molecule has 1 aromatic carbocycles. The van der Waals surface area contributed by atoms with Crippen molar-refractivity contribution in [3.05, 3.63) is 35.6 Å². The number of guanidine groups is 1. The Balaban J connectivity index is 0.00000312. The van der Waals surface area contributed by atoms with E-state index in [1.54, 1.807) is 7.05 Å². The molecule has 1 heterocycles. The third-order valence-corrected chi connectivity index (χ3v) is 3.92. The lowest BCUT2D eigenvalue weighted by Gasteiger charge is -2.35. The van der Waals surface area contributed by atoms with E-state index in [1.807, 2.05) is 12.1 Å². The predicted molar refractivity (Wildman–Crippen MR) is 111 cm³/mol. The summed E-state index contributed by atoms with van der Waals surface area (Å²) >= 11 is 0. The minimum atomic E-state index is -0.211. The maximum atomic E-state index is 13.3. The first kappa shape index (κ1) is 22.1. The van der Waals surface area contributed by atoms with E-state index in [0.717, 1.165) is 37.8 Å². The van der Waals surface area contributed by atoms with Gasteiger partial charge in [-0.1, -0.05) is 12.1 Å². The first-order valence-electron chi connectivity index (χ1n) is 8.45. The van der Waals surface area contributed by atoms with Crippen LogP contribution in [0.15, 0.2) is 29.3 Å². The second-order valence-corrected chi connectivity index (χ2v) is 7.04. The largest absolute Gasteiger partial charge is 0.379 e. The first-order chi connectivity index (χ1) is 11.4. The molecule has 0 bridgehead atoms. The molecule has 5 nitrogen and oxygen atoms in total. The van der Waals surface area contributed by atoms with E-state index in [4.69, 9.17) is 4.74 Å². The number of ether oxygens (including phenoxy) is 1. The number of hydrogen-bond acceptors (Lipinski definition) is 3. The van der Waals surface area contributed by atoms with Gasteiger partial charge in [0.25, 0.3) is 0 Å². The number of nitrogens with one attached hydrogen (secondary N) is 2. The fourth-order valence-corrected chi connectivity index (χ4v) is 2.76. The van der Waals surface area contributed by atoms with Gasteiger partial charge in [-0.05, 0) is 38.5 Å². The van der Waals surface area contributed by atoms with Gasteiger partial charge in [0.1, 0.15) is 5.82 Å². The molecule has 0 aliphatic carbocycles. The van der Waals surface area contributed by atoms with Gasteiger partial charge in [0, 0.05) is 32.2 Å². The zero-order chi connectivity index (χ0) is 17.6. The minimum Gasteiger partial charge on any atom is -0.379 e. The molecule has 1 atom stereocenters. The molecule has 0 saturated carbocycles. The molecule has 1 unspecified atom stereocenters. The van der Waals surface area contributed by atoms with Gasteiger partial charge in [-0.25, -0.2) is 4.39 Å². The summed E-state index contributed by atoms with van der Waals surface area (Å²) in [6, 6.07) is 6.90. The Hall–Kier alpha value is -0.930. The molecule has 2 N–H and O–H groups in total. The van der Waals surface area contributed by atoms with E-state index in [2.05, 4.69) is 41.3 Å². The van der Waals surface area contributed by atoms with Crippen molar-refractivity contribution in [2.75, 3.05) is 39.9 Å². The highest BCUT2D eigenvalue weighted by atomic mass is 127. The Morgan fingerprint density at radius 2 is 1.84 bits per heavy atom. The maximum Gasteiger partial charge on any atom is 0.191 e. The average molecular weight is 464 g/mol. The van der Waals surface area contributed by atoms with Gasteiger partial charge in [0.15, 0.2) is 5.96 Å². The van der Waals surface area contributed by atoms with E-state index in [-0.39, 0.29) is 41.4 Å². The number of nitrogens with zero attached hydrogens (tertiary/aromatic N) is 2. The molecule has 1 aromatic rings. The standard InChI is InChI=1S/C18H29FN4O.HI/c1-18(2,3)22-17(20-4)21-13-16(23-9-11-24-12-10-23)14-5-7-15(19)8-6-14;/h5-8,16H,9-13H2,1-4H3,(H2,20,21,22);1H. The second-order valence-electron chi connectivity index (χ2n) is 7.04. The van der Waals surface area contributed by atoms with Crippen molar-refractivity contribution < 1.29 is 9.13 Å². The molecule has 1 fully saturated rings. The van der Waals surface area contributed by atoms with Crippen molar-refractivity contribution in [3.63, 3.8) is 0 Å². The molecule has 0 spiro atoms. The molecular weight excluding hydrogens is 434 g/mol. The van der Waals surface area contributed by atoms with Crippen molar-refractivity contribution in [3.8, 4) is 0 Å². The predicted octanol–water partition coefficient (Wildman–Crippen LogP) is 2.78. The fraction of sp³-hybridized carbons (Fsp3) is 0.611. The van der Waals surface area contributed by atoms with E-state index >= 15 is 0 Å². The summed E-state index contributed by atoms with van der Waals surface area (Å²) in [5.74, 6) is 0.556. The van der Waals surface area contributed by atoms with Crippen LogP contribution >= 0.6 is 24.0 Å². The number of hydrogen-bond donors (Lipinski definition) is 2. The third kappa shape index (κ3) is 7.45. The summed E-state index contributed by atoms with van der Waals surface area (Å²) in [4.78, 5) is 6.66. The Morgan fingerprint density at radius 3 is 2.36 bits per heavy atom. The summed E-state index contributed by atoms with van der Waals surface area (Å²) in [5, 5.41) is 6.76. The molecule has 1 aliphatic rings. The van der Waals surface area contributed by atoms with Crippen LogP contribution in [0.3, 0.4) is 0 Å². The van der Waals surface area contributed by atoms with Crippen LogP contribution in [0.1, 0.15) is 32.4 Å². The molecule has 1 saturated heterocycles. The lowest BCUT2D eigenvalue weighted by molar-refractivity contribution is 0.0169. The Bertz CT molecular complexity index is 539. The number of halogens is 2. The SMILES string of the molecule is CN=C(NCC(c1ccc(F)cc1)N1CCOCC1)NC(C)(C)C.I. The Kier molecular flexibility index (Phi) is 9.09. The molecule has 7 heteroatoms. The van der Waals surface area contributed by atoms with Crippen molar-refractivity contribution >= 4 is 29.9 Å². The second kappa shape index (κ2) is 10.3. The van der Waals surface area contributed by atoms with Gasteiger partial charge in [-0.15, -0.1) is 24.0 Å². The van der Waals surface area contributed by atoms with E-state index in [1.165, 1.54) is 12.1 Å². The highest BCUT2D eigenvalue weighted by Crippen LogP contribution is 2.21. The van der Waals surface area contributed by atoms with Gasteiger partial charge in [-0.2, -0.15) is 0 Å². The van der Waals surface area contributed by atoms with E-state index < -0.39 is 0 Å². The van der Waals surface area contributed by atoms with Crippen molar-refractivity contribution in [1.82, 2.24) is 15.5 Å². The van der Waals surface area contributed by atoms with Crippen molar-refractivity contribution in [2.24, 2.45) is 4.99 Å². The number of benzene rings is 1. The molecule has 1 aliphatic heterocycles. The van der Waals surface area contributed by atoms with E-state index in [9.17, 15) is 4.39 Å². The summed E-state index contributed by atoms with van der Waals surface area (Å²) < 4.78 is 18.7. The molecule has 2 rings (SSSR count). The van der Waals surface area contributed by atoms with Crippen molar-refractivity contribution in [1.29, 1.82) is 0 Å². The topological polar surface area (TPSA) is 48.9 Å². The van der Waals surface area contributed by atoms with Crippen LogP contribution in [0.4, 0.5) is 4.39 Å². The monoisotopic (exact) mass is 464 g/mol. The van der Waals surface area contributed by atoms with Crippen LogP contribution in [-0.4, -0.2) is 56.3 Å². The van der Waals surface area contributed by atoms with Gasteiger partial charge in [0.05, 0.1) is 19.3 Å². The molecule has 0 aromatic heterocycles. The molecule has 25 heavy (non-hydrogen) atoms. The van der Waals surface area contributed by atoms with Gasteiger partial charge in [-0.3, -0.25) is 9.89 Å². The van der Waals surface area contributed by atoms with Crippen LogP contribution in [0, 0.1) is 5.82 Å².